The smallest absolute Gasteiger partial charge is 0.330 e. The van der Waals surface area contributed by atoms with Crippen LogP contribution in [0.15, 0.2) is 36.9 Å². The highest BCUT2D eigenvalue weighted by Gasteiger charge is 2.30. The van der Waals surface area contributed by atoms with Crippen LogP contribution in [0.4, 0.5) is 0 Å². The Hall–Kier alpha value is -1.81. The third kappa shape index (κ3) is 8.61. The molecule has 1 aromatic carbocycles. The summed E-state index contributed by atoms with van der Waals surface area (Å²) in [6, 6.07) is 8.14. The van der Waals surface area contributed by atoms with Gasteiger partial charge in [0, 0.05) is 12.5 Å². The molecule has 0 fully saturated rings. The van der Waals surface area contributed by atoms with Crippen molar-refractivity contribution >= 4 is 5.97 Å². The molecule has 0 aliphatic carbocycles. The van der Waals surface area contributed by atoms with E-state index >= 15 is 0 Å². The van der Waals surface area contributed by atoms with Crippen molar-refractivity contribution < 1.29 is 19.4 Å². The summed E-state index contributed by atoms with van der Waals surface area (Å²) >= 11 is 0. The molecule has 0 aliphatic heterocycles. The van der Waals surface area contributed by atoms with Crippen molar-refractivity contribution in [2.75, 3.05) is 13.2 Å². The van der Waals surface area contributed by atoms with E-state index in [9.17, 15) is 9.90 Å². The third-order valence-corrected chi connectivity index (χ3v) is 4.50. The van der Waals surface area contributed by atoms with Crippen LogP contribution in [0.5, 0.6) is 5.75 Å². The Bertz CT molecular complexity index is 590. The van der Waals surface area contributed by atoms with Gasteiger partial charge in [0.25, 0.3) is 0 Å². The van der Waals surface area contributed by atoms with Crippen molar-refractivity contribution in [3.63, 3.8) is 0 Å². The summed E-state index contributed by atoms with van der Waals surface area (Å²) in [5.41, 5.74) is 1.71. The zero-order valence-corrected chi connectivity index (χ0v) is 17.7. The Labute approximate surface area is 164 Å². The monoisotopic (exact) mass is 376 g/mol. The quantitative estimate of drug-likeness (QED) is 0.480. The van der Waals surface area contributed by atoms with Gasteiger partial charge in [0.15, 0.2) is 0 Å². The molecule has 0 heterocycles. The summed E-state index contributed by atoms with van der Waals surface area (Å²) in [6.45, 7) is 17.1. The van der Waals surface area contributed by atoms with Gasteiger partial charge in [-0.2, -0.15) is 0 Å². The van der Waals surface area contributed by atoms with Crippen molar-refractivity contribution in [1.82, 2.24) is 0 Å². The molecule has 0 saturated carbocycles. The molecule has 4 nitrogen and oxygen atoms in total. The van der Waals surface area contributed by atoms with Crippen LogP contribution in [0.3, 0.4) is 0 Å². The van der Waals surface area contributed by atoms with Gasteiger partial charge < -0.3 is 14.6 Å². The number of aliphatic hydroxyl groups is 1. The van der Waals surface area contributed by atoms with Crippen LogP contribution in [-0.2, 0) is 9.53 Å². The molecule has 0 bridgehead atoms. The summed E-state index contributed by atoms with van der Waals surface area (Å²) in [5.74, 6) is 0.679. The molecule has 152 valence electrons. The predicted octanol–water partition coefficient (Wildman–Crippen LogP) is 5.11. The zero-order valence-electron chi connectivity index (χ0n) is 17.7. The number of aliphatic hydroxyl groups excluding tert-OH is 1. The second-order valence-electron chi connectivity index (χ2n) is 9.34. The fourth-order valence-corrected chi connectivity index (χ4v) is 3.04. The Morgan fingerprint density at radius 3 is 2.19 bits per heavy atom. The molecule has 4 heteroatoms. The number of carbonyl (C=O) groups is 1. The van der Waals surface area contributed by atoms with E-state index in [1.54, 1.807) is 0 Å². The van der Waals surface area contributed by atoms with Crippen LogP contribution in [0, 0.1) is 10.8 Å². The number of ether oxygens (including phenoxy) is 2. The largest absolute Gasteiger partial charge is 0.488 e. The van der Waals surface area contributed by atoms with Crippen LogP contribution in [0.2, 0.25) is 0 Å². The predicted molar refractivity (Wildman–Crippen MR) is 110 cm³/mol. The SMILES string of the molecule is C=CC(=O)OCCC(CO)Oc1ccc(C(CC(C)(C)C)C(C)(C)C)cc1. The van der Waals surface area contributed by atoms with Gasteiger partial charge in [0.2, 0.25) is 0 Å². The highest BCUT2D eigenvalue weighted by molar-refractivity contribution is 5.81. The van der Waals surface area contributed by atoms with Crippen molar-refractivity contribution in [3.05, 3.63) is 42.5 Å². The van der Waals surface area contributed by atoms with Gasteiger partial charge in [0.1, 0.15) is 11.9 Å². The van der Waals surface area contributed by atoms with Crippen molar-refractivity contribution in [2.45, 2.75) is 66.4 Å². The van der Waals surface area contributed by atoms with E-state index in [2.05, 4.69) is 60.3 Å². The molecule has 0 spiro atoms. The van der Waals surface area contributed by atoms with Crippen LogP contribution < -0.4 is 4.74 Å². The topological polar surface area (TPSA) is 55.8 Å². The van der Waals surface area contributed by atoms with Crippen molar-refractivity contribution in [1.29, 1.82) is 0 Å². The lowest BCUT2D eigenvalue weighted by atomic mass is 9.69. The lowest BCUT2D eigenvalue weighted by Crippen LogP contribution is -2.24. The number of benzene rings is 1. The molecular formula is C23H36O4. The molecule has 0 amide bonds. The minimum atomic E-state index is -0.469. The first-order valence-corrected chi connectivity index (χ1v) is 9.63. The lowest BCUT2D eigenvalue weighted by molar-refractivity contribution is -0.138. The minimum absolute atomic E-state index is 0.137. The Morgan fingerprint density at radius 2 is 1.74 bits per heavy atom. The van der Waals surface area contributed by atoms with E-state index in [1.165, 1.54) is 5.56 Å². The van der Waals surface area contributed by atoms with Gasteiger partial charge in [-0.15, -0.1) is 0 Å². The van der Waals surface area contributed by atoms with E-state index in [1.807, 2.05) is 12.1 Å². The molecule has 1 rings (SSSR count). The summed E-state index contributed by atoms with van der Waals surface area (Å²) in [5, 5.41) is 9.50. The van der Waals surface area contributed by atoms with Crippen LogP contribution >= 0.6 is 0 Å². The summed E-state index contributed by atoms with van der Waals surface area (Å²) < 4.78 is 10.8. The first kappa shape index (κ1) is 23.2. The van der Waals surface area contributed by atoms with E-state index in [0.717, 1.165) is 12.5 Å². The number of hydrogen-bond donors (Lipinski definition) is 1. The fraction of sp³-hybridized carbons (Fsp3) is 0.609. The number of esters is 1. The van der Waals surface area contributed by atoms with Crippen LogP contribution in [-0.4, -0.2) is 30.4 Å². The Kier molecular flexibility index (Phi) is 8.55. The van der Waals surface area contributed by atoms with Crippen LogP contribution in [0.25, 0.3) is 0 Å². The van der Waals surface area contributed by atoms with E-state index in [-0.39, 0.29) is 24.0 Å². The third-order valence-electron chi connectivity index (χ3n) is 4.50. The molecule has 27 heavy (non-hydrogen) atoms. The molecule has 1 N–H and O–H groups in total. The standard InChI is InChI=1S/C23H36O4/c1-8-21(25)26-14-13-19(16-24)27-18-11-9-17(10-12-18)20(23(5,6)7)15-22(2,3)4/h8-12,19-20,24H,1,13-16H2,2-7H3. The molecule has 0 aromatic heterocycles. The maximum Gasteiger partial charge on any atom is 0.330 e. The van der Waals surface area contributed by atoms with Gasteiger partial charge >= 0.3 is 5.97 Å². The lowest BCUT2D eigenvalue weighted by Gasteiger charge is -2.36. The average molecular weight is 377 g/mol. The number of carbonyl (C=O) groups excluding carboxylic acids is 1. The zero-order chi connectivity index (χ0) is 20.7. The maximum atomic E-state index is 11.1. The number of rotatable bonds is 9. The molecule has 0 aliphatic rings. The number of hydrogen-bond acceptors (Lipinski definition) is 4. The van der Waals surface area contributed by atoms with Crippen LogP contribution in [0.1, 0.15) is 65.9 Å². The molecular weight excluding hydrogens is 340 g/mol. The minimum Gasteiger partial charge on any atom is -0.488 e. The molecule has 2 atom stereocenters. The summed E-state index contributed by atoms with van der Waals surface area (Å²) in [4.78, 5) is 11.1. The van der Waals surface area contributed by atoms with Gasteiger partial charge in [-0.1, -0.05) is 60.3 Å². The molecule has 1 aromatic rings. The first-order valence-electron chi connectivity index (χ1n) is 9.63. The highest BCUT2D eigenvalue weighted by atomic mass is 16.5. The fourth-order valence-electron chi connectivity index (χ4n) is 3.04. The van der Waals surface area contributed by atoms with Gasteiger partial charge in [0.05, 0.1) is 13.2 Å². The highest BCUT2D eigenvalue weighted by Crippen LogP contribution is 2.43. The van der Waals surface area contributed by atoms with Crippen molar-refractivity contribution in [2.24, 2.45) is 10.8 Å². The molecule has 0 radical (unpaired) electrons. The first-order chi connectivity index (χ1) is 12.5. The van der Waals surface area contributed by atoms with Gasteiger partial charge in [-0.25, -0.2) is 4.79 Å². The molecule has 0 saturated heterocycles. The van der Waals surface area contributed by atoms with E-state index < -0.39 is 12.1 Å². The average Bonchev–Trinajstić information content (AvgIpc) is 2.57. The van der Waals surface area contributed by atoms with Crippen molar-refractivity contribution in [3.8, 4) is 5.75 Å². The maximum absolute atomic E-state index is 11.1. The van der Waals surface area contributed by atoms with Gasteiger partial charge in [-0.05, 0) is 40.9 Å². The Morgan fingerprint density at radius 1 is 1.15 bits per heavy atom. The van der Waals surface area contributed by atoms with E-state index in [0.29, 0.717) is 18.1 Å². The second-order valence-corrected chi connectivity index (χ2v) is 9.34. The Balaban J connectivity index is 2.77. The summed E-state index contributed by atoms with van der Waals surface area (Å²) in [7, 11) is 0. The second kappa shape index (κ2) is 9.93. The molecule has 2 unspecified atom stereocenters. The summed E-state index contributed by atoms with van der Waals surface area (Å²) in [6.07, 6.45) is 2.23. The normalized spacial score (nSPS) is 14.3. The van der Waals surface area contributed by atoms with Gasteiger partial charge in [-0.3, -0.25) is 0 Å². The van der Waals surface area contributed by atoms with E-state index in [4.69, 9.17) is 9.47 Å².